The Morgan fingerprint density at radius 1 is 0.253 bits per heavy atom. The molecule has 0 aliphatic rings. The van der Waals surface area contributed by atoms with E-state index in [1.54, 1.807) is 0 Å². The number of rotatable bonds is 65. The lowest BCUT2D eigenvalue weighted by Gasteiger charge is -2.18. The van der Waals surface area contributed by atoms with Gasteiger partial charge in [-0.25, -0.2) is 0 Å². The van der Waals surface area contributed by atoms with E-state index >= 15 is 0 Å². The molecule has 0 spiro atoms. The Kier molecular flexibility index (Phi) is 67.7. The van der Waals surface area contributed by atoms with E-state index in [0.29, 0.717) is 19.3 Å². The van der Waals surface area contributed by atoms with Crippen LogP contribution in [0.15, 0.2) is 97.2 Å². The van der Waals surface area contributed by atoms with E-state index in [2.05, 4.69) is 118 Å². The first-order chi connectivity index (χ1) is 41.0. The highest BCUT2D eigenvalue weighted by Gasteiger charge is 2.19. The van der Waals surface area contributed by atoms with Crippen LogP contribution in [0.2, 0.25) is 0 Å². The Morgan fingerprint density at radius 3 is 0.747 bits per heavy atom. The minimum atomic E-state index is -0.801. The molecule has 478 valence electrons. The topological polar surface area (TPSA) is 78.9 Å². The van der Waals surface area contributed by atoms with Crippen LogP contribution in [0.3, 0.4) is 0 Å². The molecule has 0 amide bonds. The van der Waals surface area contributed by atoms with Crippen molar-refractivity contribution >= 4 is 17.9 Å². The normalized spacial score (nSPS) is 12.7. The van der Waals surface area contributed by atoms with Crippen molar-refractivity contribution in [3.63, 3.8) is 0 Å². The molecule has 0 heterocycles. The third-order valence-corrected chi connectivity index (χ3v) is 15.6. The summed E-state index contributed by atoms with van der Waals surface area (Å²) in [5.74, 6) is -0.921. The number of esters is 3. The van der Waals surface area contributed by atoms with Gasteiger partial charge >= 0.3 is 17.9 Å². The zero-order chi connectivity index (χ0) is 59.9. The Bertz CT molecular complexity index is 1610. The second-order valence-corrected chi connectivity index (χ2v) is 23.8. The molecule has 0 rings (SSSR count). The summed E-state index contributed by atoms with van der Waals surface area (Å²) < 4.78 is 17.0. The number of carbonyl (C=O) groups excluding carboxylic acids is 3. The van der Waals surface area contributed by atoms with Gasteiger partial charge in [0, 0.05) is 19.3 Å². The maximum absolute atomic E-state index is 13.0. The van der Waals surface area contributed by atoms with E-state index in [9.17, 15) is 14.4 Å². The Morgan fingerprint density at radius 2 is 0.470 bits per heavy atom. The smallest absolute Gasteiger partial charge is 0.306 e. The second kappa shape index (κ2) is 70.8. The van der Waals surface area contributed by atoms with Gasteiger partial charge in [-0.15, -0.1) is 0 Å². The van der Waals surface area contributed by atoms with E-state index in [0.717, 1.165) is 122 Å². The zero-order valence-electron chi connectivity index (χ0n) is 54.9. The average Bonchev–Trinajstić information content (AvgIpc) is 3.49. The monoisotopic (exact) mass is 1160 g/mol. The summed E-state index contributed by atoms with van der Waals surface area (Å²) in [7, 11) is 0. The van der Waals surface area contributed by atoms with Gasteiger partial charge in [0.15, 0.2) is 6.10 Å². The van der Waals surface area contributed by atoms with E-state index in [4.69, 9.17) is 14.2 Å². The largest absolute Gasteiger partial charge is 0.462 e. The maximum Gasteiger partial charge on any atom is 0.306 e. The van der Waals surface area contributed by atoms with Crippen LogP contribution in [-0.4, -0.2) is 37.2 Å². The first-order valence-corrected chi connectivity index (χ1v) is 35.7. The Hall–Kier alpha value is -3.67. The molecule has 0 N–H and O–H groups in total. The standard InChI is InChI=1S/C77H134O6/c1-4-7-10-13-16-19-22-25-28-31-34-36-37-38-39-41-43-46-49-52-55-58-61-64-67-70-76(79)82-73-74(72-81-75(78)69-66-63-60-57-54-51-48-45-42-33-30-27-24-21-18-15-12-9-6-3)83-77(80)71-68-65-62-59-56-53-50-47-44-40-35-32-29-26-23-20-17-14-11-8-5-2/h9,12,18,21,23,26-27,30,32,35,42,44-45,47,51,54,74H,4-8,10-11,13-17,19-20,22,24-25,28-29,31,33-34,36-41,43,46,48-50,52-53,55-73H2,1-3H3/b12-9-,21-18-,26-23-,30-27-,35-32-,45-42-,47-44-,54-51-. The van der Waals surface area contributed by atoms with Crippen LogP contribution < -0.4 is 0 Å². The van der Waals surface area contributed by atoms with Crippen LogP contribution >= 0.6 is 0 Å². The molecule has 0 aromatic rings. The van der Waals surface area contributed by atoms with Gasteiger partial charge in [-0.3, -0.25) is 14.4 Å². The first kappa shape index (κ1) is 79.3. The number of ether oxygens (including phenoxy) is 3. The molecule has 0 radical (unpaired) electrons. The highest BCUT2D eigenvalue weighted by atomic mass is 16.6. The first-order valence-electron chi connectivity index (χ1n) is 35.7. The van der Waals surface area contributed by atoms with Crippen molar-refractivity contribution in [1.29, 1.82) is 0 Å². The quantitative estimate of drug-likeness (QED) is 0.0261. The van der Waals surface area contributed by atoms with Crippen molar-refractivity contribution in [1.82, 2.24) is 0 Å². The molecule has 83 heavy (non-hydrogen) atoms. The lowest BCUT2D eigenvalue weighted by molar-refractivity contribution is -0.167. The molecule has 6 nitrogen and oxygen atoms in total. The molecule has 6 heteroatoms. The number of allylic oxidation sites excluding steroid dienone is 16. The lowest BCUT2D eigenvalue weighted by Crippen LogP contribution is -2.30. The van der Waals surface area contributed by atoms with Crippen LogP contribution in [0.4, 0.5) is 0 Å². The minimum Gasteiger partial charge on any atom is -0.462 e. The van der Waals surface area contributed by atoms with Crippen LogP contribution in [0.25, 0.3) is 0 Å². The van der Waals surface area contributed by atoms with E-state index < -0.39 is 6.10 Å². The highest BCUT2D eigenvalue weighted by molar-refractivity contribution is 5.71. The summed E-state index contributed by atoms with van der Waals surface area (Å²) in [6, 6.07) is 0. The summed E-state index contributed by atoms with van der Waals surface area (Å²) in [6.45, 7) is 6.53. The molecule has 0 aliphatic heterocycles. The second-order valence-electron chi connectivity index (χ2n) is 23.8. The fourth-order valence-corrected chi connectivity index (χ4v) is 10.2. The summed E-state index contributed by atoms with van der Waals surface area (Å²) >= 11 is 0. The van der Waals surface area contributed by atoms with Gasteiger partial charge < -0.3 is 14.2 Å². The third kappa shape index (κ3) is 69.0. The molecule has 1 unspecified atom stereocenters. The Balaban J connectivity index is 4.40. The van der Waals surface area contributed by atoms with Crippen molar-refractivity contribution < 1.29 is 28.6 Å². The predicted molar refractivity (Wildman–Crippen MR) is 362 cm³/mol. The van der Waals surface area contributed by atoms with Crippen LogP contribution in [0.5, 0.6) is 0 Å². The average molecular weight is 1160 g/mol. The van der Waals surface area contributed by atoms with Gasteiger partial charge in [0.2, 0.25) is 0 Å². The number of unbranched alkanes of at least 4 members (excludes halogenated alkanes) is 38. The number of hydrogen-bond donors (Lipinski definition) is 0. The van der Waals surface area contributed by atoms with Gasteiger partial charge in [0.1, 0.15) is 13.2 Å². The molecule has 0 saturated heterocycles. The molecular formula is C77H134O6. The molecule has 0 aliphatic carbocycles. The number of hydrogen-bond acceptors (Lipinski definition) is 6. The molecule has 0 bridgehead atoms. The van der Waals surface area contributed by atoms with E-state index in [1.807, 2.05) is 0 Å². The van der Waals surface area contributed by atoms with Crippen molar-refractivity contribution in [2.24, 2.45) is 0 Å². The Labute approximate surface area is 515 Å². The maximum atomic E-state index is 13.0. The lowest BCUT2D eigenvalue weighted by atomic mass is 10.0. The van der Waals surface area contributed by atoms with Gasteiger partial charge in [-0.1, -0.05) is 330 Å². The van der Waals surface area contributed by atoms with Crippen molar-refractivity contribution in [2.75, 3.05) is 13.2 Å². The van der Waals surface area contributed by atoms with Crippen molar-refractivity contribution in [3.05, 3.63) is 97.2 Å². The highest BCUT2D eigenvalue weighted by Crippen LogP contribution is 2.18. The van der Waals surface area contributed by atoms with Crippen LogP contribution in [0.1, 0.15) is 355 Å². The SMILES string of the molecule is CC/C=C\C/C=C\C/C=C\C/C=C\C/C=C\CCCCCC(=O)OCC(COC(=O)CCCCCCCCCCCCCCCCCCCCCCCCCCC)OC(=O)CCCCCCCC/C=C\C/C=C\C/C=C\CCCCCCC. The van der Waals surface area contributed by atoms with Crippen LogP contribution in [0, 0.1) is 0 Å². The molecule has 1 atom stereocenters. The zero-order valence-corrected chi connectivity index (χ0v) is 54.9. The molecule has 0 saturated carbocycles. The minimum absolute atomic E-state index is 0.0913. The fourth-order valence-electron chi connectivity index (χ4n) is 10.2. The predicted octanol–water partition coefficient (Wildman–Crippen LogP) is 24.8. The van der Waals surface area contributed by atoms with Crippen molar-refractivity contribution in [3.8, 4) is 0 Å². The molecule has 0 fully saturated rings. The van der Waals surface area contributed by atoms with E-state index in [-0.39, 0.29) is 31.1 Å². The van der Waals surface area contributed by atoms with Gasteiger partial charge in [-0.05, 0) is 103 Å². The van der Waals surface area contributed by atoms with Gasteiger partial charge in [0.25, 0.3) is 0 Å². The van der Waals surface area contributed by atoms with Gasteiger partial charge in [0.05, 0.1) is 0 Å². The fraction of sp³-hybridized carbons (Fsp3) is 0.753. The summed E-state index contributed by atoms with van der Waals surface area (Å²) in [5.41, 5.74) is 0. The van der Waals surface area contributed by atoms with Crippen molar-refractivity contribution in [2.45, 2.75) is 361 Å². The molecule has 0 aromatic carbocycles. The van der Waals surface area contributed by atoms with Crippen LogP contribution in [-0.2, 0) is 28.6 Å². The molecule has 0 aromatic heterocycles. The third-order valence-electron chi connectivity index (χ3n) is 15.6. The van der Waals surface area contributed by atoms with Gasteiger partial charge in [-0.2, -0.15) is 0 Å². The number of carbonyl (C=O) groups is 3. The summed E-state index contributed by atoms with van der Waals surface area (Å²) in [5, 5.41) is 0. The van der Waals surface area contributed by atoms with E-state index in [1.165, 1.54) is 193 Å². The summed E-state index contributed by atoms with van der Waals surface area (Å²) in [4.78, 5) is 38.5. The molecular weight excluding hydrogens is 1020 g/mol. The summed E-state index contributed by atoms with van der Waals surface area (Å²) in [6.07, 6.45) is 95.8.